The predicted molar refractivity (Wildman–Crippen MR) is 129 cm³/mol. The Bertz CT molecular complexity index is 1200. The monoisotopic (exact) mass is 486 g/mol. The van der Waals surface area contributed by atoms with Crippen molar-refractivity contribution in [1.82, 2.24) is 15.1 Å². The maximum Gasteiger partial charge on any atom is 0.342 e. The first-order valence-corrected chi connectivity index (χ1v) is 11.6. The molecule has 2 amide bonds. The van der Waals surface area contributed by atoms with Crippen LogP contribution in [0.2, 0.25) is 10.0 Å². The molecule has 9 heteroatoms. The topological polar surface area (TPSA) is 96.3 Å². The van der Waals surface area contributed by atoms with Crippen molar-refractivity contribution in [3.05, 3.63) is 63.8 Å². The second-order valence-electron chi connectivity index (χ2n) is 8.03. The number of phenolic OH excluding ortho intramolecular Hbond substituents is 1. The molecule has 1 heterocycles. The summed E-state index contributed by atoms with van der Waals surface area (Å²) in [5.74, 6) is 0.0782. The van der Waals surface area contributed by atoms with Crippen molar-refractivity contribution in [3.63, 3.8) is 0 Å². The van der Waals surface area contributed by atoms with E-state index in [2.05, 4.69) is 15.7 Å². The van der Waals surface area contributed by atoms with E-state index in [1.807, 2.05) is 6.07 Å². The van der Waals surface area contributed by atoms with Gasteiger partial charge in [-0.1, -0.05) is 42.6 Å². The summed E-state index contributed by atoms with van der Waals surface area (Å²) >= 11 is 12.0. The van der Waals surface area contributed by atoms with Gasteiger partial charge in [-0.05, 0) is 48.7 Å². The Balaban J connectivity index is 1.57. The zero-order valence-corrected chi connectivity index (χ0v) is 19.6. The maximum atomic E-state index is 13.0. The van der Waals surface area contributed by atoms with Crippen LogP contribution in [-0.2, 0) is 11.3 Å². The van der Waals surface area contributed by atoms with Gasteiger partial charge in [-0.2, -0.15) is 9.78 Å². The molecule has 1 aliphatic carbocycles. The van der Waals surface area contributed by atoms with E-state index in [9.17, 15) is 14.7 Å². The molecule has 0 aliphatic heterocycles. The Morgan fingerprint density at radius 2 is 1.91 bits per heavy atom. The van der Waals surface area contributed by atoms with Crippen molar-refractivity contribution < 1.29 is 14.7 Å². The number of nitrogens with zero attached hydrogens (tertiary/aromatic N) is 2. The Hall–Kier alpha value is -3.03. The second-order valence-corrected chi connectivity index (χ2v) is 8.85. The molecule has 1 saturated carbocycles. The van der Waals surface area contributed by atoms with Crippen LogP contribution in [0.5, 0.6) is 5.75 Å². The predicted octanol–water partition coefficient (Wildman–Crippen LogP) is 5.94. The molecule has 0 saturated heterocycles. The summed E-state index contributed by atoms with van der Waals surface area (Å²) < 4.78 is 1.38. The lowest BCUT2D eigenvalue weighted by atomic mass is 9.82. The molecular weight excluding hydrogens is 463 g/mol. The number of nitrogens with one attached hydrogen (secondary N) is 2. The van der Waals surface area contributed by atoms with Gasteiger partial charge in [0.05, 0.1) is 21.4 Å². The zero-order chi connectivity index (χ0) is 23.5. The summed E-state index contributed by atoms with van der Waals surface area (Å²) in [6.45, 7) is 2.02. The van der Waals surface area contributed by atoms with Gasteiger partial charge in [-0.3, -0.25) is 4.79 Å². The molecule has 1 aromatic heterocycles. The number of rotatable bonds is 6. The zero-order valence-electron chi connectivity index (χ0n) is 18.1. The van der Waals surface area contributed by atoms with Gasteiger partial charge in [0.1, 0.15) is 5.75 Å². The smallest absolute Gasteiger partial charge is 0.342 e. The molecule has 4 rings (SSSR count). The van der Waals surface area contributed by atoms with Crippen LogP contribution in [0.25, 0.3) is 11.3 Å². The number of hydrogen-bond donors (Lipinski definition) is 3. The Morgan fingerprint density at radius 3 is 2.55 bits per heavy atom. The number of carbonyl (C=O) groups is 2. The summed E-state index contributed by atoms with van der Waals surface area (Å²) in [6, 6.07) is 11.6. The first-order chi connectivity index (χ1) is 15.9. The fourth-order valence-electron chi connectivity index (χ4n) is 3.66. The molecule has 3 aromatic rings. The highest BCUT2D eigenvalue weighted by atomic mass is 35.5. The molecule has 2 aromatic carbocycles. The van der Waals surface area contributed by atoms with E-state index < -0.39 is 0 Å². The van der Waals surface area contributed by atoms with Crippen molar-refractivity contribution in [2.45, 2.75) is 45.1 Å². The van der Waals surface area contributed by atoms with Crippen LogP contribution in [0, 0.1) is 0 Å². The number of aromatic nitrogens is 2. The largest absolute Gasteiger partial charge is 0.507 e. The molecule has 0 unspecified atom stereocenters. The van der Waals surface area contributed by atoms with Gasteiger partial charge in [-0.15, -0.1) is 0 Å². The number of amides is 2. The number of benzene rings is 2. The number of anilines is 1. The van der Waals surface area contributed by atoms with Gasteiger partial charge >= 0.3 is 6.03 Å². The lowest BCUT2D eigenvalue weighted by Crippen LogP contribution is -2.31. The number of carbonyl (C=O) groups excluding carboxylic acids is 2. The van der Waals surface area contributed by atoms with Crippen LogP contribution in [0.4, 0.5) is 10.5 Å². The summed E-state index contributed by atoms with van der Waals surface area (Å²) in [6.07, 6.45) is 3.42. The fraction of sp³-hybridized carbons (Fsp3) is 0.292. The third kappa shape index (κ3) is 5.15. The minimum absolute atomic E-state index is 0.0232. The van der Waals surface area contributed by atoms with E-state index in [-0.39, 0.29) is 30.2 Å². The molecule has 0 spiro atoms. The van der Waals surface area contributed by atoms with Gasteiger partial charge < -0.3 is 15.7 Å². The van der Waals surface area contributed by atoms with E-state index in [4.69, 9.17) is 23.2 Å². The quantitative estimate of drug-likeness (QED) is 0.401. The van der Waals surface area contributed by atoms with E-state index in [0.29, 0.717) is 33.4 Å². The summed E-state index contributed by atoms with van der Waals surface area (Å²) in [5.41, 5.74) is 3.11. The van der Waals surface area contributed by atoms with Crippen LogP contribution in [-0.4, -0.2) is 26.8 Å². The summed E-state index contributed by atoms with van der Waals surface area (Å²) in [7, 11) is 0. The maximum absolute atomic E-state index is 13.0. The highest BCUT2D eigenvalue weighted by molar-refractivity contribution is 6.42. The van der Waals surface area contributed by atoms with Gasteiger partial charge in [0.2, 0.25) is 5.91 Å². The second kappa shape index (κ2) is 9.85. The van der Waals surface area contributed by atoms with Crippen molar-refractivity contribution in [3.8, 4) is 17.0 Å². The first kappa shape index (κ1) is 23.1. The van der Waals surface area contributed by atoms with Gasteiger partial charge in [0.25, 0.3) is 0 Å². The normalized spacial score (nSPS) is 13.4. The average molecular weight is 487 g/mol. The summed E-state index contributed by atoms with van der Waals surface area (Å²) in [4.78, 5) is 24.6. The standard InChI is InChI=1S/C24H24Cl2N4O3/c1-2-23(32)28-16-7-8-17(22(31)11-16)20-12-21(15-4-3-5-15)30(29-20)24(33)27-13-14-6-9-18(25)19(26)10-14/h6-12,15,31H,2-5,13H2,1H3,(H,27,33)(H,28,32). The number of phenols is 1. The van der Waals surface area contributed by atoms with Crippen LogP contribution in [0.1, 0.15) is 49.8 Å². The van der Waals surface area contributed by atoms with E-state index in [0.717, 1.165) is 30.5 Å². The SMILES string of the molecule is CCC(=O)Nc1ccc(-c2cc(C3CCC3)n(C(=O)NCc3ccc(Cl)c(Cl)c3)n2)c(O)c1. The lowest BCUT2D eigenvalue weighted by Gasteiger charge is -2.25. The average Bonchev–Trinajstić information content (AvgIpc) is 3.17. The van der Waals surface area contributed by atoms with Gasteiger partial charge in [-0.25, -0.2) is 4.79 Å². The molecule has 0 radical (unpaired) electrons. The molecule has 0 bridgehead atoms. The summed E-state index contributed by atoms with van der Waals surface area (Å²) in [5, 5.41) is 21.5. The van der Waals surface area contributed by atoms with Crippen LogP contribution < -0.4 is 10.6 Å². The lowest BCUT2D eigenvalue weighted by molar-refractivity contribution is -0.115. The molecule has 7 nitrogen and oxygen atoms in total. The van der Waals surface area contributed by atoms with Crippen molar-refractivity contribution >= 4 is 40.8 Å². The highest BCUT2D eigenvalue weighted by Gasteiger charge is 2.27. The first-order valence-electron chi connectivity index (χ1n) is 10.8. The van der Waals surface area contributed by atoms with Gasteiger partial charge in [0, 0.05) is 36.2 Å². The number of halogens is 2. The minimum Gasteiger partial charge on any atom is -0.507 e. The third-order valence-electron chi connectivity index (χ3n) is 5.76. The van der Waals surface area contributed by atoms with Crippen molar-refractivity contribution in [1.29, 1.82) is 0 Å². The fourth-order valence-corrected chi connectivity index (χ4v) is 3.98. The van der Waals surface area contributed by atoms with Crippen molar-refractivity contribution in [2.24, 2.45) is 0 Å². The minimum atomic E-state index is -0.361. The van der Waals surface area contributed by atoms with E-state index in [1.54, 1.807) is 37.3 Å². The van der Waals surface area contributed by atoms with Gasteiger partial charge in [0.15, 0.2) is 0 Å². The highest BCUT2D eigenvalue weighted by Crippen LogP contribution is 2.39. The molecule has 1 aliphatic rings. The van der Waals surface area contributed by atoms with E-state index in [1.165, 1.54) is 10.7 Å². The molecule has 3 N–H and O–H groups in total. The third-order valence-corrected chi connectivity index (χ3v) is 6.50. The van der Waals surface area contributed by atoms with Crippen molar-refractivity contribution in [2.75, 3.05) is 5.32 Å². The van der Waals surface area contributed by atoms with Crippen LogP contribution >= 0.6 is 23.2 Å². The van der Waals surface area contributed by atoms with E-state index >= 15 is 0 Å². The Morgan fingerprint density at radius 1 is 1.12 bits per heavy atom. The van der Waals surface area contributed by atoms with Crippen LogP contribution in [0.3, 0.4) is 0 Å². The molecule has 0 atom stereocenters. The van der Waals surface area contributed by atoms with Crippen LogP contribution in [0.15, 0.2) is 42.5 Å². The molecule has 1 fully saturated rings. The molecule has 172 valence electrons. The molecule has 33 heavy (non-hydrogen) atoms. The number of hydrogen-bond acceptors (Lipinski definition) is 4. The number of aromatic hydroxyl groups is 1. The Labute approximate surface area is 201 Å². The Kier molecular flexibility index (Phi) is 6.91. The molecular formula is C24H24Cl2N4O3.